The molecule has 0 N–H and O–H groups in total. The third-order valence-electron chi connectivity index (χ3n) is 2.86. The van der Waals surface area contributed by atoms with Gasteiger partial charge < -0.3 is 14.4 Å². The highest BCUT2D eigenvalue weighted by molar-refractivity contribution is 5.73. The lowest BCUT2D eigenvalue weighted by Crippen LogP contribution is -2.41. The highest BCUT2D eigenvalue weighted by Crippen LogP contribution is 2.19. The number of hydrogen-bond donors (Lipinski definition) is 0. The van der Waals surface area contributed by atoms with Crippen molar-refractivity contribution in [3.05, 3.63) is 12.7 Å². The molecule has 0 aromatic carbocycles. The molecule has 0 radical (unpaired) electrons. The van der Waals surface area contributed by atoms with E-state index < -0.39 is 0 Å². The van der Waals surface area contributed by atoms with Crippen LogP contribution in [0.4, 0.5) is 4.79 Å². The van der Waals surface area contributed by atoms with E-state index in [4.69, 9.17) is 9.47 Å². The van der Waals surface area contributed by atoms with Crippen LogP contribution in [-0.2, 0) is 14.3 Å². The maximum Gasteiger partial charge on any atom is 0.410 e. The Hall–Kier alpha value is -1.52. The van der Waals surface area contributed by atoms with Gasteiger partial charge in [-0.2, -0.15) is 0 Å². The van der Waals surface area contributed by atoms with Crippen LogP contribution in [0.5, 0.6) is 0 Å². The number of ether oxygens (including phenoxy) is 2. The van der Waals surface area contributed by atoms with Crippen molar-refractivity contribution in [1.29, 1.82) is 0 Å². The molecule has 1 rings (SSSR count). The van der Waals surface area contributed by atoms with E-state index in [1.54, 1.807) is 4.90 Å². The van der Waals surface area contributed by atoms with Crippen molar-refractivity contribution in [3.8, 4) is 0 Å². The number of hydrogen-bond acceptors (Lipinski definition) is 4. The molecule has 0 saturated carbocycles. The minimum atomic E-state index is -0.338. The van der Waals surface area contributed by atoms with Gasteiger partial charge >= 0.3 is 12.1 Å². The van der Waals surface area contributed by atoms with Crippen LogP contribution in [-0.4, -0.2) is 43.3 Å². The lowest BCUT2D eigenvalue weighted by Gasteiger charge is -2.30. The molecule has 0 aromatic heterocycles. The molecule has 1 amide bonds. The molecule has 102 valence electrons. The maximum atomic E-state index is 11.6. The number of nitrogens with zero attached hydrogens (tertiary/aromatic N) is 1. The molecular weight excluding hydrogens is 234 g/mol. The van der Waals surface area contributed by atoms with Crippen LogP contribution in [0, 0.1) is 5.92 Å². The summed E-state index contributed by atoms with van der Waals surface area (Å²) in [7, 11) is 0. The molecule has 0 bridgehead atoms. The van der Waals surface area contributed by atoms with Gasteiger partial charge in [0.1, 0.15) is 6.61 Å². The summed E-state index contributed by atoms with van der Waals surface area (Å²) in [6.45, 7) is 7.23. The molecular formula is C13H21NO4. The number of amides is 1. The highest BCUT2D eigenvalue weighted by Gasteiger charge is 2.28. The second kappa shape index (κ2) is 7.74. The summed E-state index contributed by atoms with van der Waals surface area (Å²) >= 11 is 0. The van der Waals surface area contributed by atoms with E-state index in [1.807, 2.05) is 6.92 Å². The SMILES string of the molecule is C=CCOC(=O)N1CCC(C(=O)OCCC)CC1. The van der Waals surface area contributed by atoms with Crippen molar-refractivity contribution in [1.82, 2.24) is 4.90 Å². The first-order valence-corrected chi connectivity index (χ1v) is 6.38. The molecule has 5 heteroatoms. The lowest BCUT2D eigenvalue weighted by atomic mass is 9.97. The van der Waals surface area contributed by atoms with Crippen LogP contribution in [0.1, 0.15) is 26.2 Å². The van der Waals surface area contributed by atoms with Gasteiger partial charge in [0.05, 0.1) is 12.5 Å². The van der Waals surface area contributed by atoms with Gasteiger partial charge in [-0.3, -0.25) is 4.79 Å². The lowest BCUT2D eigenvalue weighted by molar-refractivity contribution is -0.150. The van der Waals surface area contributed by atoms with Gasteiger partial charge in [-0.1, -0.05) is 19.6 Å². The Labute approximate surface area is 108 Å². The summed E-state index contributed by atoms with van der Waals surface area (Å²) in [6.07, 6.45) is 3.32. The molecule has 1 saturated heterocycles. The summed E-state index contributed by atoms with van der Waals surface area (Å²) in [5, 5.41) is 0. The second-order valence-electron chi connectivity index (χ2n) is 4.29. The van der Waals surface area contributed by atoms with Crippen molar-refractivity contribution in [2.75, 3.05) is 26.3 Å². The summed E-state index contributed by atoms with van der Waals surface area (Å²) in [5.41, 5.74) is 0. The summed E-state index contributed by atoms with van der Waals surface area (Å²) in [5.74, 6) is -0.226. The minimum Gasteiger partial charge on any atom is -0.465 e. The Morgan fingerprint density at radius 1 is 1.33 bits per heavy atom. The summed E-state index contributed by atoms with van der Waals surface area (Å²) in [6, 6.07) is 0. The van der Waals surface area contributed by atoms with Crippen molar-refractivity contribution in [2.24, 2.45) is 5.92 Å². The molecule has 0 aromatic rings. The third-order valence-corrected chi connectivity index (χ3v) is 2.86. The van der Waals surface area contributed by atoms with E-state index in [-0.39, 0.29) is 24.6 Å². The van der Waals surface area contributed by atoms with E-state index in [1.165, 1.54) is 6.08 Å². The van der Waals surface area contributed by atoms with Crippen LogP contribution < -0.4 is 0 Å². The molecule has 0 spiro atoms. The monoisotopic (exact) mass is 255 g/mol. The largest absolute Gasteiger partial charge is 0.465 e. The predicted molar refractivity (Wildman–Crippen MR) is 67.1 cm³/mol. The zero-order valence-electron chi connectivity index (χ0n) is 10.9. The number of piperidine rings is 1. The van der Waals surface area contributed by atoms with Crippen LogP contribution in [0.3, 0.4) is 0 Å². The number of carbonyl (C=O) groups excluding carboxylic acids is 2. The van der Waals surface area contributed by atoms with E-state index in [2.05, 4.69) is 6.58 Å². The molecule has 0 atom stereocenters. The van der Waals surface area contributed by atoms with Crippen LogP contribution >= 0.6 is 0 Å². The molecule has 1 aliphatic heterocycles. The zero-order valence-corrected chi connectivity index (χ0v) is 10.9. The number of esters is 1. The molecule has 1 aliphatic rings. The molecule has 5 nitrogen and oxygen atoms in total. The minimum absolute atomic E-state index is 0.0833. The van der Waals surface area contributed by atoms with Crippen molar-refractivity contribution in [3.63, 3.8) is 0 Å². The highest BCUT2D eigenvalue weighted by atomic mass is 16.6. The van der Waals surface area contributed by atoms with Gasteiger partial charge in [-0.15, -0.1) is 0 Å². The fourth-order valence-electron chi connectivity index (χ4n) is 1.84. The van der Waals surface area contributed by atoms with Gasteiger partial charge in [0.15, 0.2) is 0 Å². The van der Waals surface area contributed by atoms with Crippen LogP contribution in [0.2, 0.25) is 0 Å². The average Bonchev–Trinajstić information content (AvgIpc) is 2.42. The average molecular weight is 255 g/mol. The van der Waals surface area contributed by atoms with E-state index in [9.17, 15) is 9.59 Å². The normalized spacial score (nSPS) is 16.2. The van der Waals surface area contributed by atoms with Crippen molar-refractivity contribution >= 4 is 12.1 Å². The van der Waals surface area contributed by atoms with Crippen LogP contribution in [0.25, 0.3) is 0 Å². The maximum absolute atomic E-state index is 11.6. The Morgan fingerprint density at radius 3 is 2.56 bits per heavy atom. The number of carbonyl (C=O) groups is 2. The van der Waals surface area contributed by atoms with E-state index in [0.29, 0.717) is 32.5 Å². The van der Waals surface area contributed by atoms with Gasteiger partial charge in [0.2, 0.25) is 0 Å². The molecule has 1 heterocycles. The van der Waals surface area contributed by atoms with Crippen molar-refractivity contribution in [2.45, 2.75) is 26.2 Å². The van der Waals surface area contributed by atoms with Gasteiger partial charge in [-0.05, 0) is 19.3 Å². The Balaban J connectivity index is 2.29. The first kappa shape index (κ1) is 14.5. The smallest absolute Gasteiger partial charge is 0.410 e. The summed E-state index contributed by atoms with van der Waals surface area (Å²) in [4.78, 5) is 24.8. The van der Waals surface area contributed by atoms with Crippen molar-refractivity contribution < 1.29 is 19.1 Å². The third kappa shape index (κ3) is 4.39. The first-order chi connectivity index (χ1) is 8.69. The molecule has 0 unspecified atom stereocenters. The Bertz CT molecular complexity index is 295. The standard InChI is InChI=1S/C13H21NO4/c1-3-9-17-12(15)11-5-7-14(8-6-11)13(16)18-10-4-2/h4,11H,2-3,5-10H2,1H3. The Kier molecular flexibility index (Phi) is 6.25. The number of likely N-dealkylation sites (tertiary alicyclic amines) is 1. The Morgan fingerprint density at radius 2 is 2.00 bits per heavy atom. The molecule has 0 aliphatic carbocycles. The number of rotatable bonds is 5. The van der Waals surface area contributed by atoms with Crippen LogP contribution in [0.15, 0.2) is 12.7 Å². The first-order valence-electron chi connectivity index (χ1n) is 6.38. The van der Waals surface area contributed by atoms with Gasteiger partial charge in [-0.25, -0.2) is 4.79 Å². The predicted octanol–water partition coefficient (Wildman–Crippen LogP) is 1.97. The van der Waals surface area contributed by atoms with E-state index >= 15 is 0 Å². The molecule has 18 heavy (non-hydrogen) atoms. The fourth-order valence-corrected chi connectivity index (χ4v) is 1.84. The van der Waals surface area contributed by atoms with E-state index in [0.717, 1.165) is 6.42 Å². The quantitative estimate of drug-likeness (QED) is 0.556. The van der Waals surface area contributed by atoms with Gasteiger partial charge in [0, 0.05) is 13.1 Å². The molecule has 1 fully saturated rings. The topological polar surface area (TPSA) is 55.8 Å². The summed E-state index contributed by atoms with van der Waals surface area (Å²) < 4.78 is 10.0. The fraction of sp³-hybridized carbons (Fsp3) is 0.692. The van der Waals surface area contributed by atoms with Gasteiger partial charge in [0.25, 0.3) is 0 Å². The second-order valence-corrected chi connectivity index (χ2v) is 4.29. The zero-order chi connectivity index (χ0) is 13.4.